The zero-order valence-corrected chi connectivity index (χ0v) is 13.2. The Labute approximate surface area is 131 Å². The highest BCUT2D eigenvalue weighted by molar-refractivity contribution is 5.85. The van der Waals surface area contributed by atoms with Gasteiger partial charge in [0.2, 0.25) is 0 Å². The van der Waals surface area contributed by atoms with Gasteiger partial charge >= 0.3 is 0 Å². The Morgan fingerprint density at radius 1 is 0.955 bits per heavy atom. The minimum atomic E-state index is -0.302. The van der Waals surface area contributed by atoms with Crippen molar-refractivity contribution in [3.63, 3.8) is 0 Å². The van der Waals surface area contributed by atoms with E-state index in [9.17, 15) is 4.39 Å². The second-order valence-electron chi connectivity index (χ2n) is 5.25. The molecular weight excluding hydrogens is 283 g/mol. The van der Waals surface area contributed by atoms with Crippen LogP contribution in [0.5, 0.6) is 11.5 Å². The summed E-state index contributed by atoms with van der Waals surface area (Å²) in [4.78, 5) is 0. The van der Waals surface area contributed by atoms with Crippen molar-refractivity contribution in [2.24, 2.45) is 0 Å². The summed E-state index contributed by atoms with van der Waals surface area (Å²) >= 11 is 0. The maximum absolute atomic E-state index is 14.2. The molecule has 4 heteroatoms. The van der Waals surface area contributed by atoms with E-state index in [0.29, 0.717) is 23.5 Å². The molecule has 2 aromatic carbocycles. The number of halogens is 1. The summed E-state index contributed by atoms with van der Waals surface area (Å²) in [6.07, 6.45) is 4.54. The van der Waals surface area contributed by atoms with Crippen LogP contribution in [0.3, 0.4) is 0 Å². The minimum absolute atomic E-state index is 0.145. The molecule has 0 atom stereocenters. The van der Waals surface area contributed by atoms with Crippen LogP contribution in [0.2, 0.25) is 0 Å². The molecule has 0 amide bonds. The number of rotatable bonds is 9. The van der Waals surface area contributed by atoms with Crippen LogP contribution in [0.25, 0.3) is 10.8 Å². The first-order valence-electron chi connectivity index (χ1n) is 7.72. The molecule has 0 spiro atoms. The second-order valence-corrected chi connectivity index (χ2v) is 5.25. The smallest absolute Gasteiger partial charge is 0.188 e. The first kappa shape index (κ1) is 16.6. The predicted molar refractivity (Wildman–Crippen MR) is 86.0 cm³/mol. The molecular formula is C18H23FO3. The first-order chi connectivity index (χ1) is 10.7. The van der Waals surface area contributed by atoms with Crippen LogP contribution in [0.15, 0.2) is 30.3 Å². The molecule has 3 nitrogen and oxygen atoms in total. The maximum Gasteiger partial charge on any atom is 0.188 e. The van der Waals surface area contributed by atoms with Crippen molar-refractivity contribution < 1.29 is 18.6 Å². The zero-order valence-electron chi connectivity index (χ0n) is 13.2. The molecule has 0 fully saturated rings. The van der Waals surface area contributed by atoms with E-state index in [2.05, 4.69) is 6.92 Å². The highest BCUT2D eigenvalue weighted by Crippen LogP contribution is 2.28. The normalized spacial score (nSPS) is 10.9. The van der Waals surface area contributed by atoms with E-state index < -0.39 is 0 Å². The van der Waals surface area contributed by atoms with E-state index >= 15 is 0 Å². The molecule has 0 aliphatic carbocycles. The topological polar surface area (TPSA) is 27.7 Å². The van der Waals surface area contributed by atoms with Crippen LogP contribution in [-0.2, 0) is 4.74 Å². The van der Waals surface area contributed by atoms with Gasteiger partial charge < -0.3 is 14.2 Å². The Morgan fingerprint density at radius 2 is 1.82 bits per heavy atom. The lowest BCUT2D eigenvalue weighted by Crippen LogP contribution is -1.99. The van der Waals surface area contributed by atoms with E-state index in [-0.39, 0.29) is 12.6 Å². The Balaban J connectivity index is 2.05. The van der Waals surface area contributed by atoms with E-state index in [1.807, 2.05) is 12.1 Å². The average Bonchev–Trinajstić information content (AvgIpc) is 2.53. The zero-order chi connectivity index (χ0) is 15.8. The highest BCUT2D eigenvalue weighted by Gasteiger charge is 2.07. The third-order valence-electron chi connectivity index (χ3n) is 3.46. The van der Waals surface area contributed by atoms with Crippen molar-refractivity contribution in [2.75, 3.05) is 20.5 Å². The van der Waals surface area contributed by atoms with Crippen molar-refractivity contribution in [1.29, 1.82) is 0 Å². The van der Waals surface area contributed by atoms with Gasteiger partial charge in [0.1, 0.15) is 17.3 Å². The third kappa shape index (κ3) is 4.60. The number of hydrogen-bond donors (Lipinski definition) is 0. The molecule has 0 N–H and O–H groups in total. The van der Waals surface area contributed by atoms with E-state index in [0.717, 1.165) is 18.2 Å². The lowest BCUT2D eigenvalue weighted by molar-refractivity contribution is 0.0512. The molecule has 0 aromatic heterocycles. The van der Waals surface area contributed by atoms with Gasteiger partial charge in [-0.3, -0.25) is 0 Å². The number of methoxy groups -OCH3 is 1. The first-order valence-corrected chi connectivity index (χ1v) is 7.72. The van der Waals surface area contributed by atoms with E-state index in [1.165, 1.54) is 18.9 Å². The highest BCUT2D eigenvalue weighted by atomic mass is 19.1. The number of hydrogen-bond acceptors (Lipinski definition) is 3. The summed E-state index contributed by atoms with van der Waals surface area (Å²) in [5, 5.41) is 1.32. The van der Waals surface area contributed by atoms with Crippen molar-refractivity contribution >= 4 is 10.8 Å². The van der Waals surface area contributed by atoms with Crippen LogP contribution in [0, 0.1) is 5.82 Å². The molecule has 0 heterocycles. The van der Waals surface area contributed by atoms with Crippen LogP contribution < -0.4 is 9.47 Å². The molecule has 0 radical (unpaired) electrons. The summed E-state index contributed by atoms with van der Waals surface area (Å²) in [5.74, 6) is 0.859. The fourth-order valence-electron chi connectivity index (χ4n) is 2.28. The van der Waals surface area contributed by atoms with Gasteiger partial charge in [-0.05, 0) is 30.0 Å². The number of fused-ring (bicyclic) bond motifs is 1. The molecule has 0 unspecified atom stereocenters. The summed E-state index contributed by atoms with van der Waals surface area (Å²) in [6.45, 7) is 2.94. The van der Waals surface area contributed by atoms with Gasteiger partial charge in [0.15, 0.2) is 6.79 Å². The van der Waals surface area contributed by atoms with Gasteiger partial charge in [0.05, 0.1) is 6.61 Å². The molecule has 22 heavy (non-hydrogen) atoms. The summed E-state index contributed by atoms with van der Waals surface area (Å²) < 4.78 is 30.0. The average molecular weight is 306 g/mol. The van der Waals surface area contributed by atoms with Gasteiger partial charge in [-0.1, -0.05) is 32.3 Å². The van der Waals surface area contributed by atoms with Crippen molar-refractivity contribution in [3.8, 4) is 11.5 Å². The quantitative estimate of drug-likeness (QED) is 0.486. The standard InChI is InChI=1S/C18H23FO3/c1-3-4-5-6-9-21-16-10-14-7-8-15(22-13-20-2)11-17(14)18(19)12-16/h7-8,10-12H,3-6,9,13H2,1-2H3. The van der Waals surface area contributed by atoms with Crippen molar-refractivity contribution in [1.82, 2.24) is 0 Å². The molecule has 0 saturated carbocycles. The minimum Gasteiger partial charge on any atom is -0.493 e. The Bertz CT molecular complexity index is 598. The maximum atomic E-state index is 14.2. The number of unbranched alkanes of at least 4 members (excludes halogenated alkanes) is 3. The number of ether oxygens (including phenoxy) is 3. The van der Waals surface area contributed by atoms with Gasteiger partial charge in [0, 0.05) is 18.6 Å². The monoisotopic (exact) mass is 306 g/mol. The molecule has 2 aromatic rings. The molecule has 0 aliphatic rings. The lowest BCUT2D eigenvalue weighted by Gasteiger charge is -2.10. The summed E-state index contributed by atoms with van der Waals surface area (Å²) in [6, 6.07) is 8.59. The molecule has 2 rings (SSSR count). The van der Waals surface area contributed by atoms with Crippen LogP contribution in [0.1, 0.15) is 32.6 Å². The molecule has 120 valence electrons. The van der Waals surface area contributed by atoms with E-state index in [1.54, 1.807) is 19.2 Å². The lowest BCUT2D eigenvalue weighted by atomic mass is 10.1. The fourth-order valence-corrected chi connectivity index (χ4v) is 2.28. The largest absolute Gasteiger partial charge is 0.493 e. The Hall–Kier alpha value is -1.81. The van der Waals surface area contributed by atoms with Crippen molar-refractivity contribution in [3.05, 3.63) is 36.1 Å². The van der Waals surface area contributed by atoms with Crippen molar-refractivity contribution in [2.45, 2.75) is 32.6 Å². The molecule has 0 aliphatic heterocycles. The number of benzene rings is 2. The second kappa shape index (κ2) is 8.59. The van der Waals surface area contributed by atoms with Gasteiger partial charge in [-0.2, -0.15) is 0 Å². The Kier molecular flexibility index (Phi) is 6.46. The van der Waals surface area contributed by atoms with Gasteiger partial charge in [-0.15, -0.1) is 0 Å². The van der Waals surface area contributed by atoms with Gasteiger partial charge in [0.25, 0.3) is 0 Å². The summed E-state index contributed by atoms with van der Waals surface area (Å²) in [5.41, 5.74) is 0. The molecule has 0 bridgehead atoms. The van der Waals surface area contributed by atoms with Crippen LogP contribution in [-0.4, -0.2) is 20.5 Å². The van der Waals surface area contributed by atoms with Crippen LogP contribution in [0.4, 0.5) is 4.39 Å². The van der Waals surface area contributed by atoms with Crippen LogP contribution >= 0.6 is 0 Å². The van der Waals surface area contributed by atoms with E-state index in [4.69, 9.17) is 14.2 Å². The Morgan fingerprint density at radius 3 is 2.59 bits per heavy atom. The predicted octanol–water partition coefficient (Wildman–Crippen LogP) is 4.92. The fraction of sp³-hybridized carbons (Fsp3) is 0.444. The van der Waals surface area contributed by atoms with Gasteiger partial charge in [-0.25, -0.2) is 4.39 Å². The molecule has 0 saturated heterocycles. The SMILES string of the molecule is CCCCCCOc1cc(F)c2cc(OCOC)ccc2c1. The summed E-state index contributed by atoms with van der Waals surface area (Å²) in [7, 11) is 1.55. The third-order valence-corrected chi connectivity index (χ3v) is 3.46.